The molecule has 0 saturated heterocycles. The van der Waals surface area contributed by atoms with E-state index in [1.54, 1.807) is 66.0 Å². The highest BCUT2D eigenvalue weighted by molar-refractivity contribution is 5.99. The molecule has 2 aromatic rings. The maximum absolute atomic E-state index is 13.8. The van der Waals surface area contributed by atoms with Gasteiger partial charge in [-0.15, -0.1) is 0 Å². The highest BCUT2D eigenvalue weighted by Gasteiger charge is 2.39. The molecule has 0 fully saturated rings. The number of hydrogen-bond donors (Lipinski definition) is 3. The molecule has 0 aliphatic rings. The van der Waals surface area contributed by atoms with E-state index in [0.717, 1.165) is 11.1 Å². The molecule has 0 heterocycles. The Bertz CT molecular complexity index is 1070. The Balaban J connectivity index is 2.51. The molecule has 9 nitrogen and oxygen atoms in total. The van der Waals surface area contributed by atoms with Gasteiger partial charge in [0.05, 0.1) is 13.7 Å². The number of ether oxygens (including phenoxy) is 2. The van der Waals surface area contributed by atoms with Crippen molar-refractivity contribution in [3.05, 3.63) is 59.2 Å². The van der Waals surface area contributed by atoms with Gasteiger partial charge in [0.25, 0.3) is 5.91 Å². The smallest absolute Gasteiger partial charge is 0.408 e. The van der Waals surface area contributed by atoms with Crippen molar-refractivity contribution >= 4 is 23.6 Å². The Kier molecular flexibility index (Phi) is 10.1. The summed E-state index contributed by atoms with van der Waals surface area (Å²) >= 11 is 0. The summed E-state index contributed by atoms with van der Waals surface area (Å²) in [5.74, 6) is -0.401. The minimum atomic E-state index is -1.31. The fourth-order valence-corrected chi connectivity index (χ4v) is 4.04. The lowest BCUT2D eigenvalue weighted by Crippen LogP contribution is -2.55. The average molecular weight is 514 g/mol. The third-order valence-corrected chi connectivity index (χ3v) is 5.68. The molecule has 3 amide bonds. The Morgan fingerprint density at radius 1 is 1.00 bits per heavy atom. The van der Waals surface area contributed by atoms with Crippen LogP contribution < -0.4 is 15.4 Å². The fourth-order valence-electron chi connectivity index (χ4n) is 4.04. The number of aliphatic hydroxyl groups excluding tert-OH is 1. The summed E-state index contributed by atoms with van der Waals surface area (Å²) in [6.45, 7) is 11.7. The van der Waals surface area contributed by atoms with Crippen LogP contribution in [0.5, 0.6) is 5.75 Å². The van der Waals surface area contributed by atoms with E-state index in [9.17, 15) is 19.5 Å². The van der Waals surface area contributed by atoms with Crippen LogP contribution in [0.3, 0.4) is 0 Å². The van der Waals surface area contributed by atoms with Crippen molar-refractivity contribution in [1.29, 1.82) is 0 Å². The number of aryl methyl sites for hydroxylation is 2. The van der Waals surface area contributed by atoms with Gasteiger partial charge in [-0.25, -0.2) is 4.79 Å². The van der Waals surface area contributed by atoms with Gasteiger partial charge in [0.15, 0.2) is 0 Å². The molecule has 0 radical (unpaired) electrons. The van der Waals surface area contributed by atoms with Crippen LogP contribution in [-0.4, -0.2) is 59.3 Å². The number of methoxy groups -OCH3 is 1. The van der Waals surface area contributed by atoms with E-state index in [0.29, 0.717) is 17.0 Å². The second-order valence-electron chi connectivity index (χ2n) is 10.1. The SMILES string of the molecule is COc1ccc(NC(=O)C(c2c(C)cccc2C)N(C(=O)C(CO)NC(=O)OC(C)(C)C)C(C)C)cc1. The topological polar surface area (TPSA) is 117 Å². The number of anilines is 1. The van der Waals surface area contributed by atoms with Crippen molar-refractivity contribution in [2.45, 2.75) is 72.2 Å². The number of benzene rings is 2. The number of rotatable bonds is 9. The molecule has 9 heteroatoms. The van der Waals surface area contributed by atoms with Crippen LogP contribution in [0.4, 0.5) is 10.5 Å². The first kappa shape index (κ1) is 29.6. The lowest BCUT2D eigenvalue weighted by Gasteiger charge is -2.38. The molecule has 0 aromatic heterocycles. The van der Waals surface area contributed by atoms with E-state index in [1.807, 2.05) is 32.0 Å². The molecule has 37 heavy (non-hydrogen) atoms. The summed E-state index contributed by atoms with van der Waals surface area (Å²) in [5.41, 5.74) is 2.07. The van der Waals surface area contributed by atoms with Crippen LogP contribution in [-0.2, 0) is 14.3 Å². The second-order valence-corrected chi connectivity index (χ2v) is 10.1. The van der Waals surface area contributed by atoms with Gasteiger partial charge in [-0.3, -0.25) is 9.59 Å². The maximum Gasteiger partial charge on any atom is 0.408 e. The second kappa shape index (κ2) is 12.6. The van der Waals surface area contributed by atoms with Gasteiger partial charge in [0, 0.05) is 11.7 Å². The number of nitrogens with zero attached hydrogens (tertiary/aromatic N) is 1. The summed E-state index contributed by atoms with van der Waals surface area (Å²) in [5, 5.41) is 15.4. The summed E-state index contributed by atoms with van der Waals surface area (Å²) in [4.78, 5) is 41.4. The average Bonchev–Trinajstić information content (AvgIpc) is 2.80. The van der Waals surface area contributed by atoms with Gasteiger partial charge < -0.3 is 30.1 Å². The summed E-state index contributed by atoms with van der Waals surface area (Å²) < 4.78 is 10.5. The number of aliphatic hydroxyl groups is 1. The first-order valence-corrected chi connectivity index (χ1v) is 12.2. The summed E-state index contributed by atoms with van der Waals surface area (Å²) in [6.07, 6.45) is -0.838. The number of nitrogens with one attached hydrogen (secondary N) is 2. The maximum atomic E-state index is 13.8. The molecule has 202 valence electrons. The molecule has 0 aliphatic heterocycles. The molecule has 0 spiro atoms. The van der Waals surface area contributed by atoms with Crippen LogP contribution in [0.25, 0.3) is 0 Å². The zero-order chi connectivity index (χ0) is 27.9. The van der Waals surface area contributed by atoms with Crippen molar-refractivity contribution in [3.8, 4) is 5.75 Å². The molecule has 2 rings (SSSR count). The molecule has 2 unspecified atom stereocenters. The lowest BCUT2D eigenvalue weighted by atomic mass is 9.92. The van der Waals surface area contributed by atoms with Gasteiger partial charge in [0.2, 0.25) is 5.91 Å². The molecule has 0 bridgehead atoms. The van der Waals surface area contributed by atoms with Crippen LogP contribution in [0.2, 0.25) is 0 Å². The van der Waals surface area contributed by atoms with E-state index in [-0.39, 0.29) is 0 Å². The van der Waals surface area contributed by atoms with Crippen molar-refractivity contribution in [3.63, 3.8) is 0 Å². The molecule has 2 aromatic carbocycles. The van der Waals surface area contributed by atoms with Crippen LogP contribution in [0, 0.1) is 13.8 Å². The number of carbonyl (C=O) groups is 3. The third kappa shape index (κ3) is 7.95. The molecule has 3 N–H and O–H groups in total. The predicted molar refractivity (Wildman–Crippen MR) is 143 cm³/mol. The largest absolute Gasteiger partial charge is 0.497 e. The van der Waals surface area contributed by atoms with E-state index >= 15 is 0 Å². The van der Waals surface area contributed by atoms with Gasteiger partial charge in [-0.05, 0) is 89.4 Å². The fraction of sp³-hybridized carbons (Fsp3) is 0.464. The molecular formula is C28H39N3O6. The van der Waals surface area contributed by atoms with Crippen LogP contribution in [0.15, 0.2) is 42.5 Å². The zero-order valence-electron chi connectivity index (χ0n) is 22.9. The van der Waals surface area contributed by atoms with Gasteiger partial charge >= 0.3 is 6.09 Å². The first-order valence-electron chi connectivity index (χ1n) is 12.2. The Morgan fingerprint density at radius 3 is 2.03 bits per heavy atom. The molecular weight excluding hydrogens is 474 g/mol. The normalized spacial score (nSPS) is 12.9. The predicted octanol–water partition coefficient (Wildman–Crippen LogP) is 4.11. The van der Waals surface area contributed by atoms with E-state index in [4.69, 9.17) is 9.47 Å². The first-order chi connectivity index (χ1) is 17.3. The number of carbonyl (C=O) groups excluding carboxylic acids is 3. The third-order valence-electron chi connectivity index (χ3n) is 5.68. The van der Waals surface area contributed by atoms with Gasteiger partial charge in [0.1, 0.15) is 23.4 Å². The van der Waals surface area contributed by atoms with E-state index in [2.05, 4.69) is 10.6 Å². The summed E-state index contributed by atoms with van der Waals surface area (Å²) in [7, 11) is 1.56. The Hall–Kier alpha value is -3.59. The highest BCUT2D eigenvalue weighted by atomic mass is 16.6. The number of alkyl carbamates (subject to hydrolysis) is 1. The van der Waals surface area contributed by atoms with Gasteiger partial charge in [-0.2, -0.15) is 0 Å². The van der Waals surface area contributed by atoms with Crippen molar-refractivity contribution < 1.29 is 29.0 Å². The van der Waals surface area contributed by atoms with Gasteiger partial charge in [-0.1, -0.05) is 18.2 Å². The minimum absolute atomic E-state index is 0.432. The molecule has 2 atom stereocenters. The molecule has 0 saturated carbocycles. The van der Waals surface area contributed by atoms with E-state index in [1.165, 1.54) is 4.90 Å². The quantitative estimate of drug-likeness (QED) is 0.465. The molecule has 0 aliphatic carbocycles. The van der Waals surface area contributed by atoms with E-state index < -0.39 is 48.2 Å². The zero-order valence-corrected chi connectivity index (χ0v) is 22.9. The van der Waals surface area contributed by atoms with Crippen molar-refractivity contribution in [1.82, 2.24) is 10.2 Å². The lowest BCUT2D eigenvalue weighted by molar-refractivity contribution is -0.143. The van der Waals surface area contributed by atoms with Crippen molar-refractivity contribution in [2.24, 2.45) is 0 Å². The summed E-state index contributed by atoms with van der Waals surface area (Å²) in [6, 6.07) is 9.71. The highest BCUT2D eigenvalue weighted by Crippen LogP contribution is 2.31. The van der Waals surface area contributed by atoms with Crippen LogP contribution >= 0.6 is 0 Å². The van der Waals surface area contributed by atoms with Crippen molar-refractivity contribution in [2.75, 3.05) is 19.0 Å². The minimum Gasteiger partial charge on any atom is -0.497 e. The standard InChI is InChI=1S/C28H39N3O6/c1-17(2)31(26(34)22(16-32)30-27(35)37-28(5,6)7)24(23-18(3)10-9-11-19(23)4)25(33)29-20-12-14-21(36-8)15-13-20/h9-15,17,22,24,32H,16H2,1-8H3,(H,29,33)(H,30,35). The number of hydrogen-bond acceptors (Lipinski definition) is 6. The monoisotopic (exact) mass is 513 g/mol. The number of amides is 3. The Morgan fingerprint density at radius 2 is 1.57 bits per heavy atom. The Labute approximate surface area is 219 Å². The van der Waals surface area contributed by atoms with Crippen LogP contribution in [0.1, 0.15) is 57.4 Å².